The number of hydrogen-bond donors (Lipinski definition) is 2. The molecule has 5 heteroatoms. The Morgan fingerprint density at radius 2 is 2.20 bits per heavy atom. The summed E-state index contributed by atoms with van der Waals surface area (Å²) in [5.41, 5.74) is -0.217. The molecule has 0 saturated carbocycles. The Hall–Kier alpha value is -1.49. The Kier molecular flexibility index (Phi) is 4.70. The molecule has 1 aliphatic heterocycles. The topological polar surface area (TPSA) is 41.1 Å². The van der Waals surface area contributed by atoms with Crippen molar-refractivity contribution in [2.45, 2.75) is 20.3 Å². The molecule has 3 nitrogen and oxygen atoms in total. The minimum atomic E-state index is -0.819. The van der Waals surface area contributed by atoms with Gasteiger partial charge in [0.15, 0.2) is 0 Å². The summed E-state index contributed by atoms with van der Waals surface area (Å²) in [7, 11) is 0. The van der Waals surface area contributed by atoms with Crippen LogP contribution >= 0.6 is 0 Å². The highest BCUT2D eigenvalue weighted by molar-refractivity contribution is 5.94. The minimum Gasteiger partial charge on any atom is -0.352 e. The van der Waals surface area contributed by atoms with Crippen molar-refractivity contribution in [2.24, 2.45) is 11.8 Å². The second-order valence-electron chi connectivity index (χ2n) is 5.49. The van der Waals surface area contributed by atoms with E-state index in [9.17, 15) is 13.6 Å². The van der Waals surface area contributed by atoms with E-state index in [4.69, 9.17) is 0 Å². The molecule has 2 atom stereocenters. The molecular formula is C15H20F2N2O. The average molecular weight is 282 g/mol. The third-order valence-corrected chi connectivity index (χ3v) is 4.02. The van der Waals surface area contributed by atoms with E-state index in [0.29, 0.717) is 18.4 Å². The number of halogens is 2. The summed E-state index contributed by atoms with van der Waals surface area (Å²) in [6.45, 7) is 5.87. The summed E-state index contributed by atoms with van der Waals surface area (Å²) in [6.07, 6.45) is 1.05. The average Bonchev–Trinajstić information content (AvgIpc) is 2.42. The number of aryl methyl sites for hydroxylation is 1. The van der Waals surface area contributed by atoms with Crippen molar-refractivity contribution in [3.8, 4) is 0 Å². The fourth-order valence-electron chi connectivity index (χ4n) is 2.50. The first-order valence-corrected chi connectivity index (χ1v) is 6.94. The largest absolute Gasteiger partial charge is 0.352 e. The van der Waals surface area contributed by atoms with Crippen molar-refractivity contribution in [3.63, 3.8) is 0 Å². The van der Waals surface area contributed by atoms with Crippen molar-refractivity contribution in [2.75, 3.05) is 19.6 Å². The van der Waals surface area contributed by atoms with E-state index in [-0.39, 0.29) is 5.56 Å². The Bertz CT molecular complexity index is 505. The lowest BCUT2D eigenvalue weighted by atomic mass is 9.88. The lowest BCUT2D eigenvalue weighted by Gasteiger charge is -2.29. The fraction of sp³-hybridized carbons (Fsp3) is 0.533. The van der Waals surface area contributed by atoms with Gasteiger partial charge in [-0.15, -0.1) is 0 Å². The summed E-state index contributed by atoms with van der Waals surface area (Å²) in [5, 5.41) is 5.91. The number of piperidine rings is 1. The molecule has 110 valence electrons. The molecule has 1 saturated heterocycles. The normalized spacial score (nSPS) is 22.6. The Morgan fingerprint density at radius 3 is 2.90 bits per heavy atom. The summed E-state index contributed by atoms with van der Waals surface area (Å²) in [4.78, 5) is 12.0. The van der Waals surface area contributed by atoms with Gasteiger partial charge in [-0.3, -0.25) is 4.79 Å². The highest BCUT2D eigenvalue weighted by atomic mass is 19.1. The molecule has 0 aliphatic carbocycles. The van der Waals surface area contributed by atoms with Crippen LogP contribution in [-0.2, 0) is 0 Å². The minimum absolute atomic E-state index is 0.268. The van der Waals surface area contributed by atoms with Crippen molar-refractivity contribution >= 4 is 5.91 Å². The number of hydrogen-bond acceptors (Lipinski definition) is 2. The van der Waals surface area contributed by atoms with Gasteiger partial charge < -0.3 is 10.6 Å². The molecule has 1 aliphatic rings. The molecule has 20 heavy (non-hydrogen) atoms. The maximum Gasteiger partial charge on any atom is 0.257 e. The summed E-state index contributed by atoms with van der Waals surface area (Å²) < 4.78 is 27.5. The second-order valence-corrected chi connectivity index (χ2v) is 5.49. The Morgan fingerprint density at radius 1 is 1.45 bits per heavy atom. The molecule has 1 fully saturated rings. The maximum absolute atomic E-state index is 13.8. The quantitative estimate of drug-likeness (QED) is 0.893. The van der Waals surface area contributed by atoms with E-state index < -0.39 is 23.1 Å². The van der Waals surface area contributed by atoms with E-state index in [2.05, 4.69) is 17.6 Å². The van der Waals surface area contributed by atoms with Gasteiger partial charge in [0.05, 0.1) is 0 Å². The van der Waals surface area contributed by atoms with E-state index in [1.807, 2.05) is 0 Å². The van der Waals surface area contributed by atoms with Crippen molar-refractivity contribution in [3.05, 3.63) is 34.9 Å². The molecule has 1 amide bonds. The Balaban J connectivity index is 2.03. The standard InChI is InChI=1S/C15H20F2N2O/c1-9-5-6-18-7-11(9)8-19-15(20)13-12(16)4-3-10(2)14(13)17/h3-4,9,11,18H,5-8H2,1-2H3,(H,19,20). The fourth-order valence-corrected chi connectivity index (χ4v) is 2.50. The lowest BCUT2D eigenvalue weighted by Crippen LogP contribution is -2.42. The van der Waals surface area contributed by atoms with Crippen LogP contribution in [0.4, 0.5) is 8.78 Å². The van der Waals surface area contributed by atoms with Crippen molar-refractivity contribution < 1.29 is 13.6 Å². The van der Waals surface area contributed by atoms with Gasteiger partial charge in [-0.2, -0.15) is 0 Å². The lowest BCUT2D eigenvalue weighted by molar-refractivity contribution is 0.0930. The summed E-state index contributed by atoms with van der Waals surface area (Å²) >= 11 is 0. The van der Waals surface area contributed by atoms with Crippen LogP contribution in [0.25, 0.3) is 0 Å². The van der Waals surface area contributed by atoms with Crippen LogP contribution < -0.4 is 10.6 Å². The van der Waals surface area contributed by atoms with Crippen molar-refractivity contribution in [1.82, 2.24) is 10.6 Å². The predicted octanol–water partition coefficient (Wildman–Crippen LogP) is 2.25. The maximum atomic E-state index is 13.8. The molecule has 1 aromatic carbocycles. The van der Waals surface area contributed by atoms with E-state index in [0.717, 1.165) is 25.6 Å². The summed E-state index contributed by atoms with van der Waals surface area (Å²) in [6, 6.07) is 2.45. The number of carbonyl (C=O) groups excluding carboxylic acids is 1. The second kappa shape index (κ2) is 6.31. The van der Waals surface area contributed by atoms with Gasteiger partial charge in [-0.25, -0.2) is 8.78 Å². The summed E-state index contributed by atoms with van der Waals surface area (Å²) in [5.74, 6) is -1.49. The first-order valence-electron chi connectivity index (χ1n) is 6.94. The van der Waals surface area contributed by atoms with Crippen LogP contribution in [0.1, 0.15) is 29.3 Å². The number of rotatable bonds is 3. The molecule has 0 bridgehead atoms. The number of nitrogens with one attached hydrogen (secondary N) is 2. The van der Waals surface area contributed by atoms with Crippen molar-refractivity contribution in [1.29, 1.82) is 0 Å². The van der Waals surface area contributed by atoms with E-state index >= 15 is 0 Å². The molecule has 0 radical (unpaired) electrons. The number of benzene rings is 1. The molecule has 0 aromatic heterocycles. The van der Waals surface area contributed by atoms with Crippen LogP contribution in [0.15, 0.2) is 12.1 Å². The molecular weight excluding hydrogens is 262 g/mol. The van der Waals surface area contributed by atoms with Crippen LogP contribution in [0.3, 0.4) is 0 Å². The van der Waals surface area contributed by atoms with Crippen LogP contribution in [0.5, 0.6) is 0 Å². The monoisotopic (exact) mass is 282 g/mol. The van der Waals surface area contributed by atoms with Crippen LogP contribution in [0.2, 0.25) is 0 Å². The van der Waals surface area contributed by atoms with Gasteiger partial charge in [-0.1, -0.05) is 13.0 Å². The molecule has 1 heterocycles. The molecule has 2 rings (SSSR count). The van der Waals surface area contributed by atoms with Crippen LogP contribution in [-0.4, -0.2) is 25.5 Å². The highest BCUT2D eigenvalue weighted by Gasteiger charge is 2.24. The van der Waals surface area contributed by atoms with Gasteiger partial charge in [0.2, 0.25) is 0 Å². The third-order valence-electron chi connectivity index (χ3n) is 4.02. The molecule has 0 spiro atoms. The SMILES string of the molecule is Cc1ccc(F)c(C(=O)NCC2CNCCC2C)c1F. The van der Waals surface area contributed by atoms with E-state index in [1.165, 1.54) is 13.0 Å². The highest BCUT2D eigenvalue weighted by Crippen LogP contribution is 2.19. The molecule has 2 N–H and O–H groups in total. The number of carbonyl (C=O) groups is 1. The van der Waals surface area contributed by atoms with Gasteiger partial charge in [0.1, 0.15) is 17.2 Å². The van der Waals surface area contributed by atoms with Gasteiger partial charge in [0.25, 0.3) is 5.91 Å². The third kappa shape index (κ3) is 3.15. The smallest absolute Gasteiger partial charge is 0.257 e. The first-order chi connectivity index (χ1) is 9.50. The zero-order valence-electron chi connectivity index (χ0n) is 11.8. The van der Waals surface area contributed by atoms with Gasteiger partial charge in [-0.05, 0) is 49.9 Å². The zero-order chi connectivity index (χ0) is 14.7. The molecule has 1 aromatic rings. The number of amides is 1. The van der Waals surface area contributed by atoms with Crippen LogP contribution in [0, 0.1) is 30.4 Å². The van der Waals surface area contributed by atoms with Gasteiger partial charge >= 0.3 is 0 Å². The first kappa shape index (κ1) is 14.9. The zero-order valence-corrected chi connectivity index (χ0v) is 11.8. The molecule has 2 unspecified atom stereocenters. The van der Waals surface area contributed by atoms with E-state index in [1.54, 1.807) is 0 Å². The van der Waals surface area contributed by atoms with Gasteiger partial charge in [0, 0.05) is 6.54 Å². The predicted molar refractivity (Wildman–Crippen MR) is 73.6 cm³/mol. The Labute approximate surface area is 117 Å².